The van der Waals surface area contributed by atoms with Gasteiger partial charge in [-0.25, -0.2) is 17.9 Å². The van der Waals surface area contributed by atoms with Crippen LogP contribution in [0.15, 0.2) is 52.0 Å². The molecule has 0 saturated heterocycles. The molecule has 0 aliphatic carbocycles. The lowest BCUT2D eigenvalue weighted by atomic mass is 9.98. The van der Waals surface area contributed by atoms with E-state index in [2.05, 4.69) is 10.0 Å². The number of carbonyl (C=O) groups excluding carboxylic acids is 1. The van der Waals surface area contributed by atoms with E-state index in [4.69, 9.17) is 4.42 Å². The Morgan fingerprint density at radius 1 is 1.19 bits per heavy atom. The van der Waals surface area contributed by atoms with Crippen LogP contribution in [0, 0.1) is 0 Å². The number of hydrogen-bond donors (Lipinski definition) is 3. The molecule has 26 heavy (non-hydrogen) atoms. The smallest absolute Gasteiger partial charge is 0.329 e. The second-order valence-electron chi connectivity index (χ2n) is 5.87. The second-order valence-corrected chi connectivity index (χ2v) is 7.64. The average Bonchev–Trinajstić information content (AvgIpc) is 3.13. The molecule has 0 saturated carbocycles. The molecular formula is C17H20N2O6S. The molecule has 0 aliphatic rings. The summed E-state index contributed by atoms with van der Waals surface area (Å²) in [5.74, 6) is -1.27. The highest BCUT2D eigenvalue weighted by molar-refractivity contribution is 7.89. The minimum absolute atomic E-state index is 0.00500. The van der Waals surface area contributed by atoms with Crippen molar-refractivity contribution in [1.29, 1.82) is 0 Å². The Kier molecular flexibility index (Phi) is 5.83. The van der Waals surface area contributed by atoms with Gasteiger partial charge in [-0.3, -0.25) is 4.79 Å². The molecule has 2 aromatic rings. The van der Waals surface area contributed by atoms with Gasteiger partial charge in [0.25, 0.3) is 5.91 Å². The van der Waals surface area contributed by atoms with Gasteiger partial charge in [0, 0.05) is 5.56 Å². The summed E-state index contributed by atoms with van der Waals surface area (Å²) in [6.07, 6.45) is 1.65. The minimum atomic E-state index is -3.77. The highest BCUT2D eigenvalue weighted by Crippen LogP contribution is 2.14. The quantitative estimate of drug-likeness (QED) is 0.640. The van der Waals surface area contributed by atoms with E-state index in [-0.39, 0.29) is 23.4 Å². The number of carbonyl (C=O) groups is 2. The number of furan rings is 1. The summed E-state index contributed by atoms with van der Waals surface area (Å²) in [7, 11) is -3.77. The zero-order chi connectivity index (χ0) is 19.4. The summed E-state index contributed by atoms with van der Waals surface area (Å²) < 4.78 is 31.9. The van der Waals surface area contributed by atoms with Crippen LogP contribution in [0.2, 0.25) is 0 Å². The largest absolute Gasteiger partial charge is 0.480 e. The molecule has 2 rings (SSSR count). The van der Waals surface area contributed by atoms with Gasteiger partial charge in [-0.2, -0.15) is 0 Å². The SMILES string of the molecule is CCC(C)(NC(=O)c1ccc(S(=O)(=O)NCc2ccco2)cc1)C(=O)O. The molecule has 0 fully saturated rings. The van der Waals surface area contributed by atoms with Gasteiger partial charge in [-0.1, -0.05) is 6.92 Å². The second kappa shape index (κ2) is 7.71. The van der Waals surface area contributed by atoms with Crippen molar-refractivity contribution in [2.24, 2.45) is 0 Å². The maximum atomic E-state index is 12.2. The molecule has 0 bridgehead atoms. The zero-order valence-electron chi connectivity index (χ0n) is 14.4. The molecule has 1 aromatic carbocycles. The Bertz CT molecular complexity index is 874. The van der Waals surface area contributed by atoms with E-state index in [9.17, 15) is 23.1 Å². The highest BCUT2D eigenvalue weighted by Gasteiger charge is 2.33. The number of rotatable bonds is 8. The molecule has 9 heteroatoms. The van der Waals surface area contributed by atoms with Gasteiger partial charge in [-0.05, 0) is 49.7 Å². The van der Waals surface area contributed by atoms with Gasteiger partial charge < -0.3 is 14.8 Å². The normalized spacial score (nSPS) is 13.8. The number of nitrogens with one attached hydrogen (secondary N) is 2. The minimum Gasteiger partial charge on any atom is -0.480 e. The van der Waals surface area contributed by atoms with Crippen LogP contribution in [0.3, 0.4) is 0 Å². The lowest BCUT2D eigenvalue weighted by molar-refractivity contribution is -0.143. The van der Waals surface area contributed by atoms with Crippen molar-refractivity contribution in [3.63, 3.8) is 0 Å². The van der Waals surface area contributed by atoms with Gasteiger partial charge >= 0.3 is 5.97 Å². The third-order valence-corrected chi connectivity index (χ3v) is 5.43. The zero-order valence-corrected chi connectivity index (χ0v) is 15.2. The van der Waals surface area contributed by atoms with E-state index in [1.807, 2.05) is 0 Å². The van der Waals surface area contributed by atoms with Crippen LogP contribution in [0.5, 0.6) is 0 Å². The molecule has 1 amide bonds. The van der Waals surface area contributed by atoms with Crippen LogP contribution in [0.4, 0.5) is 0 Å². The van der Waals surface area contributed by atoms with Crippen molar-refractivity contribution >= 4 is 21.9 Å². The highest BCUT2D eigenvalue weighted by atomic mass is 32.2. The van der Waals surface area contributed by atoms with Crippen LogP contribution < -0.4 is 10.0 Å². The van der Waals surface area contributed by atoms with Gasteiger partial charge in [0.15, 0.2) is 0 Å². The van der Waals surface area contributed by atoms with Gasteiger partial charge in [-0.15, -0.1) is 0 Å². The van der Waals surface area contributed by atoms with Crippen molar-refractivity contribution in [1.82, 2.24) is 10.0 Å². The number of carboxylic acid groups (broad SMARTS) is 1. The van der Waals surface area contributed by atoms with Crippen LogP contribution in [0.25, 0.3) is 0 Å². The molecule has 0 spiro atoms. The van der Waals surface area contributed by atoms with Crippen molar-refractivity contribution in [2.75, 3.05) is 0 Å². The first-order valence-electron chi connectivity index (χ1n) is 7.86. The number of aliphatic carboxylic acids is 1. The molecule has 140 valence electrons. The number of sulfonamides is 1. The van der Waals surface area contributed by atoms with Crippen molar-refractivity contribution in [3.8, 4) is 0 Å². The average molecular weight is 380 g/mol. The first-order chi connectivity index (χ1) is 12.2. The van der Waals surface area contributed by atoms with E-state index in [0.717, 1.165) is 0 Å². The lowest BCUT2D eigenvalue weighted by Crippen LogP contribution is -2.51. The molecular weight excluding hydrogens is 360 g/mol. The number of carboxylic acids is 1. The van der Waals surface area contributed by atoms with E-state index < -0.39 is 27.4 Å². The van der Waals surface area contributed by atoms with E-state index in [1.54, 1.807) is 19.1 Å². The predicted octanol–water partition coefficient (Wildman–Crippen LogP) is 1.74. The monoisotopic (exact) mass is 380 g/mol. The molecule has 1 heterocycles. The van der Waals surface area contributed by atoms with Gasteiger partial charge in [0.2, 0.25) is 10.0 Å². The number of hydrogen-bond acceptors (Lipinski definition) is 5. The molecule has 0 aliphatic heterocycles. The maximum Gasteiger partial charge on any atom is 0.329 e. The van der Waals surface area contributed by atoms with E-state index in [0.29, 0.717) is 5.76 Å². The topological polar surface area (TPSA) is 126 Å². The summed E-state index contributed by atoms with van der Waals surface area (Å²) in [5.41, 5.74) is -1.23. The van der Waals surface area contributed by atoms with Gasteiger partial charge in [0.05, 0.1) is 17.7 Å². The Morgan fingerprint density at radius 2 is 1.85 bits per heavy atom. The van der Waals surface area contributed by atoms with Gasteiger partial charge in [0.1, 0.15) is 11.3 Å². The maximum absolute atomic E-state index is 12.2. The van der Waals surface area contributed by atoms with Crippen LogP contribution >= 0.6 is 0 Å². The third kappa shape index (κ3) is 4.50. The number of amides is 1. The summed E-state index contributed by atoms with van der Waals surface area (Å²) in [4.78, 5) is 23.5. The van der Waals surface area contributed by atoms with E-state index in [1.165, 1.54) is 37.5 Å². The first kappa shape index (κ1) is 19.7. The van der Waals surface area contributed by atoms with Crippen LogP contribution in [0.1, 0.15) is 36.4 Å². The lowest BCUT2D eigenvalue weighted by Gasteiger charge is -2.24. The van der Waals surface area contributed by atoms with E-state index >= 15 is 0 Å². The van der Waals surface area contributed by atoms with Crippen LogP contribution in [-0.4, -0.2) is 30.9 Å². The summed E-state index contributed by atoms with van der Waals surface area (Å²) in [5, 5.41) is 11.7. The fraction of sp³-hybridized carbons (Fsp3) is 0.294. The molecule has 0 radical (unpaired) electrons. The predicted molar refractivity (Wildman–Crippen MR) is 93.0 cm³/mol. The Labute approximate surface area is 151 Å². The molecule has 8 nitrogen and oxygen atoms in total. The standard InChI is InChI=1S/C17H20N2O6S/c1-3-17(2,16(21)22)19-15(20)12-6-8-14(9-7-12)26(23,24)18-11-13-5-4-10-25-13/h4-10,18H,3,11H2,1-2H3,(H,19,20)(H,21,22). The Balaban J connectivity index is 2.09. The van der Waals surface area contributed by atoms with Crippen LogP contribution in [-0.2, 0) is 21.4 Å². The summed E-state index contributed by atoms with van der Waals surface area (Å²) in [6, 6.07) is 8.51. The Morgan fingerprint density at radius 3 is 2.35 bits per heavy atom. The Hall–Kier alpha value is -2.65. The van der Waals surface area contributed by atoms with Crippen molar-refractivity contribution < 1.29 is 27.5 Å². The molecule has 1 atom stereocenters. The fourth-order valence-corrected chi connectivity index (χ4v) is 3.06. The number of benzene rings is 1. The first-order valence-corrected chi connectivity index (χ1v) is 9.34. The van der Waals surface area contributed by atoms with Crippen molar-refractivity contribution in [2.45, 2.75) is 37.2 Å². The summed E-state index contributed by atoms with van der Waals surface area (Å²) in [6.45, 7) is 3.06. The molecule has 3 N–H and O–H groups in total. The van der Waals surface area contributed by atoms with Crippen molar-refractivity contribution in [3.05, 3.63) is 54.0 Å². The molecule has 1 unspecified atom stereocenters. The molecule has 1 aromatic heterocycles. The summed E-state index contributed by atoms with van der Waals surface area (Å²) >= 11 is 0. The fourth-order valence-electron chi connectivity index (χ4n) is 2.06. The third-order valence-electron chi connectivity index (χ3n) is 4.01.